The van der Waals surface area contributed by atoms with Crippen molar-refractivity contribution in [3.8, 4) is 0 Å². The third-order valence-corrected chi connectivity index (χ3v) is 15.7. The lowest BCUT2D eigenvalue weighted by atomic mass is 9.60. The van der Waals surface area contributed by atoms with Crippen molar-refractivity contribution in [2.45, 2.75) is 116 Å². The first-order chi connectivity index (χ1) is 46.1. The van der Waals surface area contributed by atoms with Crippen LogP contribution in [-0.4, -0.2) is 341 Å². The molecule has 0 saturated heterocycles. The molecule has 1 saturated carbocycles. The summed E-state index contributed by atoms with van der Waals surface area (Å²) in [6.45, 7) is -10.5. The molecule has 0 amide bonds. The van der Waals surface area contributed by atoms with Crippen LogP contribution in [0.25, 0.3) is 0 Å². The number of rotatable bonds is 36. The molecule has 0 radical (unpaired) electrons. The fourth-order valence-electron chi connectivity index (χ4n) is 8.56. The third-order valence-electron chi connectivity index (χ3n) is 15.7. The van der Waals surface area contributed by atoms with Gasteiger partial charge in [0, 0.05) is 10.8 Å². The van der Waals surface area contributed by atoms with E-state index in [9.17, 15) is 39.9 Å². The lowest BCUT2D eigenvalue weighted by Crippen LogP contribution is -2.57. The van der Waals surface area contributed by atoms with Crippen LogP contribution >= 0.6 is 0 Å². The Balaban J connectivity index is -0.00000107. The van der Waals surface area contributed by atoms with Crippen molar-refractivity contribution in [1.29, 1.82) is 0 Å². The molecular formula is C59H109N3O35. The van der Waals surface area contributed by atoms with Gasteiger partial charge < -0.3 is 163 Å². The van der Waals surface area contributed by atoms with E-state index in [0.717, 1.165) is 0 Å². The van der Waals surface area contributed by atoms with Gasteiger partial charge in [0.25, 0.3) is 0 Å². The topological polar surface area (TPSA) is 702 Å². The van der Waals surface area contributed by atoms with Crippen LogP contribution in [0, 0.1) is 27.1 Å². The SMILES string of the molecule is O=c1n(CCO)c(=O)n(CCO)c(=O)n1CCO.OCC(CO)(CO)CO.OCC(CO)(CO)COCC(CO)(CO)CO.OCC(O)C(O)C(O)C(O)CO.OCC1(CO)CCCC(CO)(CO)C1O.OCc1cc(CO)c(CO)cc1CO.OCc1cc(CO)cc(CO)c1. The van der Waals surface area contributed by atoms with E-state index in [-0.39, 0.29) is 106 Å². The van der Waals surface area contributed by atoms with Gasteiger partial charge in [-0.05, 0) is 51.8 Å². The molecule has 1 aromatic heterocycles. The molecule has 38 nitrogen and oxygen atoms in total. The number of hydrogen-bond donors (Lipinski definition) is 31. The molecule has 31 N–H and O–H groups in total. The van der Waals surface area contributed by atoms with Crippen molar-refractivity contribution in [2.75, 3.05) is 139 Å². The lowest BCUT2D eigenvalue weighted by Gasteiger charge is -2.49. The quantitative estimate of drug-likeness (QED) is 0.0257. The number of ether oxygens (including phenoxy) is 1. The fraction of sp³-hybridized carbons (Fsp3) is 0.746. The van der Waals surface area contributed by atoms with E-state index in [4.69, 9.17) is 138 Å². The van der Waals surface area contributed by atoms with Gasteiger partial charge in [0.2, 0.25) is 0 Å². The molecule has 1 aliphatic carbocycles. The number of aliphatic hydroxyl groups excluding tert-OH is 31. The second-order valence-electron chi connectivity index (χ2n) is 22.8. The monoisotopic (exact) mass is 1420 g/mol. The maximum Gasteiger partial charge on any atom is 0.336 e. The minimum absolute atomic E-state index is 0.0686. The predicted molar refractivity (Wildman–Crippen MR) is 335 cm³/mol. The first-order valence-electron chi connectivity index (χ1n) is 30.1. The third kappa shape index (κ3) is 30.0. The van der Waals surface area contributed by atoms with E-state index in [1.165, 1.54) is 0 Å². The Kier molecular flexibility index (Phi) is 52.4. The van der Waals surface area contributed by atoms with E-state index in [2.05, 4.69) is 0 Å². The molecule has 1 fully saturated rings. The molecule has 4 rings (SSSR count). The summed E-state index contributed by atoms with van der Waals surface area (Å²) in [5.74, 6) is 0. The number of nitrogens with zero attached hydrogens (tertiary/aromatic N) is 3. The molecule has 3 aromatic rings. The fourth-order valence-corrected chi connectivity index (χ4v) is 8.56. The smallest absolute Gasteiger partial charge is 0.336 e. The van der Waals surface area contributed by atoms with Gasteiger partial charge >= 0.3 is 17.1 Å². The maximum atomic E-state index is 11.8. The molecule has 2 aromatic carbocycles. The summed E-state index contributed by atoms with van der Waals surface area (Å²) >= 11 is 0. The zero-order valence-corrected chi connectivity index (χ0v) is 54.2. The summed E-state index contributed by atoms with van der Waals surface area (Å²) in [4.78, 5) is 35.3. The Morgan fingerprint density at radius 1 is 0.371 bits per heavy atom. The Hall–Kier alpha value is -4.43. The Bertz CT molecular complexity index is 2350. The zero-order valence-electron chi connectivity index (χ0n) is 54.2. The minimum atomic E-state index is -1.67. The Labute approximate surface area is 557 Å². The predicted octanol–water partition coefficient (Wildman–Crippen LogP) is -14.3. The highest BCUT2D eigenvalue weighted by Gasteiger charge is 2.52. The van der Waals surface area contributed by atoms with Crippen LogP contribution in [0.3, 0.4) is 0 Å². The maximum absolute atomic E-state index is 11.8. The van der Waals surface area contributed by atoms with Gasteiger partial charge in [-0.25, -0.2) is 28.1 Å². The first-order valence-corrected chi connectivity index (χ1v) is 30.1. The van der Waals surface area contributed by atoms with Crippen LogP contribution in [0.4, 0.5) is 0 Å². The summed E-state index contributed by atoms with van der Waals surface area (Å²) in [7, 11) is 0. The molecule has 1 aliphatic rings. The summed E-state index contributed by atoms with van der Waals surface area (Å²) in [6, 6.07) is 8.31. The molecule has 0 spiro atoms. The summed E-state index contributed by atoms with van der Waals surface area (Å²) in [6.07, 6.45) is -5.80. The molecule has 0 aliphatic heterocycles. The summed E-state index contributed by atoms with van der Waals surface area (Å²) < 4.78 is 7.21. The van der Waals surface area contributed by atoms with E-state index < -0.39 is 174 Å². The van der Waals surface area contributed by atoms with Crippen LogP contribution in [-0.2, 0) is 70.6 Å². The largest absolute Gasteiger partial charge is 0.396 e. The number of aromatic nitrogens is 3. The van der Waals surface area contributed by atoms with E-state index >= 15 is 0 Å². The number of aliphatic hydroxyl groups is 31. The van der Waals surface area contributed by atoms with E-state index in [0.29, 0.717) is 71.9 Å². The highest BCUT2D eigenvalue weighted by molar-refractivity contribution is 5.37. The van der Waals surface area contributed by atoms with Crippen molar-refractivity contribution in [3.05, 3.63) is 101 Å². The molecule has 97 heavy (non-hydrogen) atoms. The minimum Gasteiger partial charge on any atom is -0.396 e. The van der Waals surface area contributed by atoms with E-state index in [1.54, 1.807) is 30.3 Å². The molecule has 0 bridgehead atoms. The van der Waals surface area contributed by atoms with Gasteiger partial charge in [-0.2, -0.15) is 0 Å². The van der Waals surface area contributed by atoms with Crippen molar-refractivity contribution in [2.24, 2.45) is 27.1 Å². The van der Waals surface area contributed by atoms with E-state index in [1.807, 2.05) is 0 Å². The van der Waals surface area contributed by atoms with Crippen molar-refractivity contribution in [1.82, 2.24) is 13.7 Å². The molecule has 4 unspecified atom stereocenters. The van der Waals surface area contributed by atoms with Gasteiger partial charge in [0.1, 0.15) is 24.4 Å². The van der Waals surface area contributed by atoms with Gasteiger partial charge in [-0.3, -0.25) is 0 Å². The summed E-state index contributed by atoms with van der Waals surface area (Å²) in [5.41, 5.74) is -3.63. The summed E-state index contributed by atoms with van der Waals surface area (Å²) in [5, 5.41) is 276. The highest BCUT2D eigenvalue weighted by Crippen LogP contribution is 2.46. The second-order valence-corrected chi connectivity index (χ2v) is 22.8. The van der Waals surface area contributed by atoms with Crippen LogP contribution in [0.2, 0.25) is 0 Å². The molecule has 1 heterocycles. The highest BCUT2D eigenvalue weighted by atomic mass is 16.5. The average molecular weight is 1420 g/mol. The van der Waals surface area contributed by atoms with Crippen molar-refractivity contribution < 1.29 is 163 Å². The number of benzene rings is 2. The Morgan fingerprint density at radius 3 is 0.773 bits per heavy atom. The van der Waals surface area contributed by atoms with Crippen LogP contribution in [0.1, 0.15) is 58.2 Å². The normalized spacial score (nSPS) is 14.8. The van der Waals surface area contributed by atoms with Gasteiger partial charge in [-0.15, -0.1) is 0 Å². The second kappa shape index (κ2) is 52.5. The average Bonchev–Trinajstić information content (AvgIpc) is 0.779. The van der Waals surface area contributed by atoms with Crippen LogP contribution in [0.15, 0.2) is 44.7 Å². The lowest BCUT2D eigenvalue weighted by molar-refractivity contribution is -0.173. The molecule has 38 heteroatoms. The number of hydrogen-bond acceptors (Lipinski definition) is 35. The zero-order chi connectivity index (χ0) is 75.2. The van der Waals surface area contributed by atoms with Crippen molar-refractivity contribution in [3.63, 3.8) is 0 Å². The van der Waals surface area contributed by atoms with Gasteiger partial charge in [-0.1, -0.05) is 36.8 Å². The van der Waals surface area contributed by atoms with Gasteiger partial charge in [0.15, 0.2) is 0 Å². The molecule has 570 valence electrons. The van der Waals surface area contributed by atoms with Gasteiger partial charge in [0.05, 0.1) is 227 Å². The van der Waals surface area contributed by atoms with Crippen LogP contribution in [0.5, 0.6) is 0 Å². The Morgan fingerprint density at radius 2 is 0.608 bits per heavy atom. The van der Waals surface area contributed by atoms with Crippen molar-refractivity contribution >= 4 is 0 Å². The van der Waals surface area contributed by atoms with Crippen LogP contribution < -0.4 is 17.1 Å². The first kappa shape index (κ1) is 96.8. The molecular weight excluding hydrogens is 1310 g/mol. The standard InChI is InChI=1S/C10H22O7.C10H20O5.C10H14O4.C9H15N3O6.C9H12O3.C6H14O6.C5H12O4/c11-1-9(2-12,3-13)7-17-8-10(4-14,5-15)6-16;11-4-9(5-12)2-1-3-10(6-13,7-14)8(9)15;11-3-7-1-8(4-12)10(6-14)2-9(7)5-13;13-4-1-10-7(16)11(2-5-14)9(18)12(3-6-15)8(10)17;10-4-7-1-8(5-11)3-9(2-7)6-12;7-1-3(9)5(11)6(12)4(10)2-8;6-1-5(2-7,3-8)4-9/h11-16H,1-8H2;8,11-15H,1-7H2;1-2,11-14H,3-6H2;13-15H,1-6H2;1-3,10-12H,4-6H2;3-12H,1-2H2;6-9H,1-4H2. The molecule has 4 atom stereocenters.